The van der Waals surface area contributed by atoms with Gasteiger partial charge in [-0.15, -0.1) is 0 Å². The van der Waals surface area contributed by atoms with Gasteiger partial charge in [0.1, 0.15) is 5.52 Å². The van der Waals surface area contributed by atoms with E-state index in [1.54, 1.807) is 0 Å². The number of benzene rings is 2. The van der Waals surface area contributed by atoms with Crippen LogP contribution < -0.4 is 5.73 Å². The van der Waals surface area contributed by atoms with Gasteiger partial charge < -0.3 is 5.73 Å². The molecule has 0 aliphatic carbocycles. The zero-order valence-corrected chi connectivity index (χ0v) is 11.1. The van der Waals surface area contributed by atoms with Gasteiger partial charge in [0.2, 0.25) is 0 Å². The van der Waals surface area contributed by atoms with Crippen molar-refractivity contribution < 1.29 is 0 Å². The Bertz CT molecular complexity index is 974. The minimum atomic E-state index is 0.490. The zero-order chi connectivity index (χ0) is 13.7. The molecule has 0 bridgehead atoms. The van der Waals surface area contributed by atoms with Crippen LogP contribution in [0.2, 0.25) is 0 Å². The SMILES string of the molecule is Cc1ccc2c(c1)nc(N)c1nc3ccccc3cc12. The standard InChI is InChI=1S/C17H13N3/c1-10-6-7-12-13-9-11-4-2-3-5-14(11)19-16(13)17(18)20-15(12)8-10/h2-9H,1H3,(H2,18,20). The fourth-order valence-corrected chi connectivity index (χ4v) is 2.66. The van der Waals surface area contributed by atoms with Gasteiger partial charge in [-0.25, -0.2) is 9.97 Å². The Hall–Kier alpha value is -2.68. The first-order valence-electron chi connectivity index (χ1n) is 6.58. The van der Waals surface area contributed by atoms with Crippen LogP contribution in [0.5, 0.6) is 0 Å². The van der Waals surface area contributed by atoms with Gasteiger partial charge in [0, 0.05) is 16.2 Å². The van der Waals surface area contributed by atoms with Crippen LogP contribution in [0.3, 0.4) is 0 Å². The summed E-state index contributed by atoms with van der Waals surface area (Å²) in [5, 5.41) is 3.27. The van der Waals surface area contributed by atoms with Crippen LogP contribution in [0.4, 0.5) is 5.82 Å². The molecule has 0 saturated carbocycles. The summed E-state index contributed by atoms with van der Waals surface area (Å²) < 4.78 is 0. The maximum absolute atomic E-state index is 6.09. The van der Waals surface area contributed by atoms with Crippen LogP contribution in [-0.2, 0) is 0 Å². The number of para-hydroxylation sites is 1. The molecule has 4 rings (SSSR count). The summed E-state index contributed by atoms with van der Waals surface area (Å²) in [5.74, 6) is 0.490. The molecule has 4 aromatic rings. The molecule has 3 heteroatoms. The normalized spacial score (nSPS) is 11.4. The Morgan fingerprint density at radius 1 is 0.850 bits per heavy atom. The molecule has 0 amide bonds. The number of anilines is 1. The first kappa shape index (κ1) is 11.2. The lowest BCUT2D eigenvalue weighted by atomic mass is 10.1. The van der Waals surface area contributed by atoms with Gasteiger partial charge in [0.05, 0.1) is 11.0 Å². The number of aromatic nitrogens is 2. The molecule has 3 nitrogen and oxygen atoms in total. The van der Waals surface area contributed by atoms with Crippen LogP contribution in [0.25, 0.3) is 32.7 Å². The molecule has 96 valence electrons. The molecule has 0 aliphatic heterocycles. The van der Waals surface area contributed by atoms with E-state index < -0.39 is 0 Å². The predicted molar refractivity (Wildman–Crippen MR) is 83.7 cm³/mol. The third kappa shape index (κ3) is 1.53. The summed E-state index contributed by atoms with van der Waals surface area (Å²) in [5.41, 5.74) is 9.91. The lowest BCUT2D eigenvalue weighted by molar-refractivity contribution is 1.38. The summed E-state index contributed by atoms with van der Waals surface area (Å²) in [6.07, 6.45) is 0. The van der Waals surface area contributed by atoms with Crippen LogP contribution in [0, 0.1) is 6.92 Å². The summed E-state index contributed by atoms with van der Waals surface area (Å²) in [7, 11) is 0. The van der Waals surface area contributed by atoms with Crippen LogP contribution in [0.1, 0.15) is 5.56 Å². The molecule has 0 spiro atoms. The van der Waals surface area contributed by atoms with Crippen molar-refractivity contribution in [2.45, 2.75) is 6.92 Å². The van der Waals surface area contributed by atoms with Gasteiger partial charge in [-0.1, -0.05) is 30.3 Å². The van der Waals surface area contributed by atoms with Gasteiger partial charge in [0.15, 0.2) is 5.82 Å². The molecule has 20 heavy (non-hydrogen) atoms. The first-order chi connectivity index (χ1) is 9.72. The third-order valence-electron chi connectivity index (χ3n) is 3.65. The van der Waals surface area contributed by atoms with Gasteiger partial charge in [-0.05, 0) is 30.7 Å². The minimum Gasteiger partial charge on any atom is -0.382 e. The van der Waals surface area contributed by atoms with Crippen molar-refractivity contribution in [3.63, 3.8) is 0 Å². The van der Waals surface area contributed by atoms with E-state index in [1.165, 1.54) is 5.56 Å². The van der Waals surface area contributed by atoms with Crippen LogP contribution >= 0.6 is 0 Å². The van der Waals surface area contributed by atoms with E-state index in [2.05, 4.69) is 47.2 Å². The minimum absolute atomic E-state index is 0.490. The lowest BCUT2D eigenvalue weighted by Crippen LogP contribution is -1.96. The van der Waals surface area contributed by atoms with Crippen LogP contribution in [-0.4, -0.2) is 9.97 Å². The van der Waals surface area contributed by atoms with Gasteiger partial charge >= 0.3 is 0 Å². The van der Waals surface area contributed by atoms with Crippen molar-refractivity contribution in [2.24, 2.45) is 0 Å². The quantitative estimate of drug-likeness (QED) is 0.386. The van der Waals surface area contributed by atoms with Crippen molar-refractivity contribution in [1.29, 1.82) is 0 Å². The Kier molecular flexibility index (Phi) is 2.18. The maximum Gasteiger partial charge on any atom is 0.150 e. The molecule has 2 heterocycles. The molecule has 2 aromatic heterocycles. The number of hydrogen-bond donors (Lipinski definition) is 1. The molecule has 0 saturated heterocycles. The van der Waals surface area contributed by atoms with E-state index in [4.69, 9.17) is 5.73 Å². The molecule has 0 atom stereocenters. The van der Waals surface area contributed by atoms with Crippen molar-refractivity contribution in [3.05, 3.63) is 54.1 Å². The van der Waals surface area contributed by atoms with Crippen molar-refractivity contribution in [1.82, 2.24) is 9.97 Å². The van der Waals surface area contributed by atoms with Crippen molar-refractivity contribution in [3.8, 4) is 0 Å². The highest BCUT2D eigenvalue weighted by atomic mass is 14.9. The number of rotatable bonds is 0. The zero-order valence-electron chi connectivity index (χ0n) is 11.1. The van der Waals surface area contributed by atoms with Crippen LogP contribution in [0.15, 0.2) is 48.5 Å². The smallest absolute Gasteiger partial charge is 0.150 e. The second kappa shape index (κ2) is 3.90. The summed E-state index contributed by atoms with van der Waals surface area (Å²) in [6.45, 7) is 2.06. The molecular weight excluding hydrogens is 246 g/mol. The van der Waals surface area contributed by atoms with Crippen molar-refractivity contribution in [2.75, 3.05) is 5.73 Å². The molecule has 0 fully saturated rings. The number of nitrogen functional groups attached to an aromatic ring is 1. The van der Waals surface area contributed by atoms with E-state index >= 15 is 0 Å². The summed E-state index contributed by atoms with van der Waals surface area (Å²) >= 11 is 0. The summed E-state index contributed by atoms with van der Waals surface area (Å²) in [6, 6.07) is 16.5. The molecular formula is C17H13N3. The number of hydrogen-bond acceptors (Lipinski definition) is 3. The van der Waals surface area contributed by atoms with E-state index in [9.17, 15) is 0 Å². The largest absolute Gasteiger partial charge is 0.382 e. The number of nitrogens with two attached hydrogens (primary N) is 1. The molecule has 2 aromatic carbocycles. The predicted octanol–water partition coefficient (Wildman–Crippen LogP) is 3.83. The Balaban J connectivity index is 2.27. The Labute approximate surface area is 116 Å². The molecule has 0 aliphatic rings. The molecule has 0 unspecified atom stereocenters. The van der Waals surface area contributed by atoms with E-state index in [-0.39, 0.29) is 0 Å². The fraction of sp³-hybridized carbons (Fsp3) is 0.0588. The number of aryl methyl sites for hydroxylation is 1. The number of fused-ring (bicyclic) bond motifs is 4. The van der Waals surface area contributed by atoms with E-state index in [0.717, 1.165) is 32.7 Å². The van der Waals surface area contributed by atoms with Gasteiger partial charge in [-0.2, -0.15) is 0 Å². The van der Waals surface area contributed by atoms with Gasteiger partial charge in [0.25, 0.3) is 0 Å². The Morgan fingerprint density at radius 3 is 2.60 bits per heavy atom. The number of pyridine rings is 2. The fourth-order valence-electron chi connectivity index (χ4n) is 2.66. The van der Waals surface area contributed by atoms with E-state index in [1.807, 2.05) is 18.2 Å². The number of nitrogens with zero attached hydrogens (tertiary/aromatic N) is 2. The highest BCUT2D eigenvalue weighted by Gasteiger charge is 2.09. The van der Waals surface area contributed by atoms with E-state index in [0.29, 0.717) is 5.82 Å². The Morgan fingerprint density at radius 2 is 1.70 bits per heavy atom. The van der Waals surface area contributed by atoms with Gasteiger partial charge in [-0.3, -0.25) is 0 Å². The lowest BCUT2D eigenvalue weighted by Gasteiger charge is -2.08. The molecule has 0 radical (unpaired) electrons. The second-order valence-corrected chi connectivity index (χ2v) is 5.09. The average Bonchev–Trinajstić information content (AvgIpc) is 2.45. The third-order valence-corrected chi connectivity index (χ3v) is 3.65. The summed E-state index contributed by atoms with van der Waals surface area (Å²) in [4.78, 5) is 9.15. The monoisotopic (exact) mass is 259 g/mol. The second-order valence-electron chi connectivity index (χ2n) is 5.09. The first-order valence-corrected chi connectivity index (χ1v) is 6.58. The maximum atomic E-state index is 6.09. The highest BCUT2D eigenvalue weighted by Crippen LogP contribution is 2.29. The average molecular weight is 259 g/mol. The highest BCUT2D eigenvalue weighted by molar-refractivity contribution is 6.11. The van der Waals surface area contributed by atoms with Crippen molar-refractivity contribution >= 4 is 38.5 Å². The topological polar surface area (TPSA) is 51.8 Å². The molecule has 2 N–H and O–H groups in total.